The molecule has 0 spiro atoms. The Morgan fingerprint density at radius 3 is 2.72 bits per heavy atom. The van der Waals surface area contributed by atoms with Crippen molar-refractivity contribution in [1.82, 2.24) is 5.43 Å². The standard InChI is InChI=1S/C15H20N2O/c1-3-5-12-6-4-7-13(9-12)15(17-16)14-8-11(2)18-10-14/h4,6-10,15,17H,3,5,16H2,1-2H3. The molecule has 0 saturated heterocycles. The molecular formula is C15H20N2O. The second-order valence-corrected chi connectivity index (χ2v) is 4.59. The van der Waals surface area contributed by atoms with Crippen molar-refractivity contribution in [3.05, 3.63) is 59.0 Å². The molecule has 96 valence electrons. The van der Waals surface area contributed by atoms with Crippen molar-refractivity contribution in [2.45, 2.75) is 32.7 Å². The van der Waals surface area contributed by atoms with Crippen LogP contribution in [0.2, 0.25) is 0 Å². The Labute approximate surface area is 108 Å². The molecule has 3 nitrogen and oxygen atoms in total. The van der Waals surface area contributed by atoms with E-state index in [4.69, 9.17) is 10.3 Å². The van der Waals surface area contributed by atoms with E-state index in [0.29, 0.717) is 0 Å². The maximum Gasteiger partial charge on any atom is 0.101 e. The van der Waals surface area contributed by atoms with Crippen LogP contribution in [0.15, 0.2) is 41.0 Å². The van der Waals surface area contributed by atoms with E-state index in [1.807, 2.05) is 13.0 Å². The van der Waals surface area contributed by atoms with Gasteiger partial charge < -0.3 is 4.42 Å². The quantitative estimate of drug-likeness (QED) is 0.627. The van der Waals surface area contributed by atoms with Gasteiger partial charge in [-0.3, -0.25) is 5.84 Å². The highest BCUT2D eigenvalue weighted by Gasteiger charge is 2.14. The van der Waals surface area contributed by atoms with Gasteiger partial charge in [-0.25, -0.2) is 5.43 Å². The Morgan fingerprint density at radius 2 is 2.11 bits per heavy atom. The van der Waals surface area contributed by atoms with Gasteiger partial charge in [-0.05, 0) is 30.5 Å². The second kappa shape index (κ2) is 5.85. The molecule has 1 unspecified atom stereocenters. The minimum atomic E-state index is -0.0146. The third-order valence-electron chi connectivity index (χ3n) is 3.07. The largest absolute Gasteiger partial charge is 0.469 e. The van der Waals surface area contributed by atoms with Crippen LogP contribution < -0.4 is 11.3 Å². The van der Waals surface area contributed by atoms with Crippen LogP contribution >= 0.6 is 0 Å². The first-order valence-electron chi connectivity index (χ1n) is 6.34. The van der Waals surface area contributed by atoms with E-state index in [-0.39, 0.29) is 6.04 Å². The predicted molar refractivity (Wildman–Crippen MR) is 73.0 cm³/mol. The summed E-state index contributed by atoms with van der Waals surface area (Å²) in [5.41, 5.74) is 6.43. The fourth-order valence-corrected chi connectivity index (χ4v) is 2.22. The number of nitrogens with two attached hydrogens (primary N) is 1. The van der Waals surface area contributed by atoms with Gasteiger partial charge in [0.25, 0.3) is 0 Å². The predicted octanol–water partition coefficient (Wildman–Crippen LogP) is 3.09. The maximum absolute atomic E-state index is 5.68. The number of hydrogen-bond acceptors (Lipinski definition) is 3. The number of hydrazine groups is 1. The lowest BCUT2D eigenvalue weighted by molar-refractivity contribution is 0.525. The molecule has 0 fully saturated rings. The van der Waals surface area contributed by atoms with Crippen molar-refractivity contribution in [1.29, 1.82) is 0 Å². The van der Waals surface area contributed by atoms with Crippen LogP contribution in [0.1, 0.15) is 41.8 Å². The zero-order chi connectivity index (χ0) is 13.0. The van der Waals surface area contributed by atoms with E-state index in [9.17, 15) is 0 Å². The van der Waals surface area contributed by atoms with Crippen molar-refractivity contribution < 1.29 is 4.42 Å². The number of furan rings is 1. The fraction of sp³-hybridized carbons (Fsp3) is 0.333. The highest BCUT2D eigenvalue weighted by molar-refractivity contribution is 5.33. The van der Waals surface area contributed by atoms with Gasteiger partial charge in [0, 0.05) is 5.56 Å². The van der Waals surface area contributed by atoms with Gasteiger partial charge in [-0.1, -0.05) is 37.6 Å². The molecule has 0 radical (unpaired) electrons. The lowest BCUT2D eigenvalue weighted by Gasteiger charge is -2.15. The van der Waals surface area contributed by atoms with Crippen LogP contribution in [0.25, 0.3) is 0 Å². The summed E-state index contributed by atoms with van der Waals surface area (Å²) >= 11 is 0. The highest BCUT2D eigenvalue weighted by Crippen LogP contribution is 2.24. The first-order valence-corrected chi connectivity index (χ1v) is 6.34. The fourth-order valence-electron chi connectivity index (χ4n) is 2.22. The Kier molecular flexibility index (Phi) is 4.18. The first kappa shape index (κ1) is 12.9. The minimum absolute atomic E-state index is 0.0146. The summed E-state index contributed by atoms with van der Waals surface area (Å²) < 4.78 is 5.35. The normalized spacial score (nSPS) is 12.6. The molecule has 1 heterocycles. The molecule has 2 aromatic rings. The Morgan fingerprint density at radius 1 is 1.28 bits per heavy atom. The third-order valence-corrected chi connectivity index (χ3v) is 3.07. The summed E-state index contributed by atoms with van der Waals surface area (Å²) in [5, 5.41) is 0. The summed E-state index contributed by atoms with van der Waals surface area (Å²) in [6.07, 6.45) is 4.00. The Bertz CT molecular complexity index is 505. The molecule has 18 heavy (non-hydrogen) atoms. The van der Waals surface area contributed by atoms with Crippen molar-refractivity contribution in [3.8, 4) is 0 Å². The molecule has 1 atom stereocenters. The maximum atomic E-state index is 5.68. The van der Waals surface area contributed by atoms with Gasteiger partial charge in [0.2, 0.25) is 0 Å². The summed E-state index contributed by atoms with van der Waals surface area (Å²) in [4.78, 5) is 0. The molecule has 3 N–H and O–H groups in total. The lowest BCUT2D eigenvalue weighted by atomic mass is 9.98. The average Bonchev–Trinajstić information content (AvgIpc) is 2.78. The molecular weight excluding hydrogens is 224 g/mol. The van der Waals surface area contributed by atoms with Crippen molar-refractivity contribution >= 4 is 0 Å². The van der Waals surface area contributed by atoms with E-state index < -0.39 is 0 Å². The molecule has 0 aliphatic rings. The van der Waals surface area contributed by atoms with Crippen LogP contribution in [-0.2, 0) is 6.42 Å². The van der Waals surface area contributed by atoms with Crippen LogP contribution in [0.4, 0.5) is 0 Å². The lowest BCUT2D eigenvalue weighted by Crippen LogP contribution is -2.28. The number of hydrogen-bond donors (Lipinski definition) is 2. The van der Waals surface area contributed by atoms with Crippen molar-refractivity contribution in [3.63, 3.8) is 0 Å². The summed E-state index contributed by atoms with van der Waals surface area (Å²) in [6.45, 7) is 4.12. The SMILES string of the molecule is CCCc1cccc(C(NN)c2coc(C)c2)c1. The molecule has 3 heteroatoms. The number of nitrogens with one attached hydrogen (secondary N) is 1. The molecule has 0 amide bonds. The number of aryl methyl sites for hydroxylation is 2. The van der Waals surface area contributed by atoms with E-state index >= 15 is 0 Å². The number of rotatable bonds is 5. The van der Waals surface area contributed by atoms with Gasteiger partial charge in [0.15, 0.2) is 0 Å². The summed E-state index contributed by atoms with van der Waals surface area (Å²) in [5.74, 6) is 6.58. The molecule has 0 bridgehead atoms. The van der Waals surface area contributed by atoms with Gasteiger partial charge in [0.05, 0.1) is 12.3 Å². The van der Waals surface area contributed by atoms with Gasteiger partial charge >= 0.3 is 0 Å². The van der Waals surface area contributed by atoms with E-state index in [1.54, 1.807) is 6.26 Å². The van der Waals surface area contributed by atoms with E-state index in [1.165, 1.54) is 11.1 Å². The van der Waals surface area contributed by atoms with Gasteiger partial charge in [-0.15, -0.1) is 0 Å². The molecule has 0 aliphatic carbocycles. The number of benzene rings is 1. The average molecular weight is 244 g/mol. The topological polar surface area (TPSA) is 51.2 Å². The molecule has 0 saturated carbocycles. The Balaban J connectivity index is 2.29. The van der Waals surface area contributed by atoms with Crippen molar-refractivity contribution in [2.24, 2.45) is 5.84 Å². The summed E-state index contributed by atoms with van der Waals surface area (Å²) in [6, 6.07) is 10.5. The van der Waals surface area contributed by atoms with Crippen LogP contribution in [0, 0.1) is 6.92 Å². The van der Waals surface area contributed by atoms with E-state index in [2.05, 4.69) is 36.6 Å². The molecule has 1 aromatic carbocycles. The van der Waals surface area contributed by atoms with Crippen LogP contribution in [0.3, 0.4) is 0 Å². The van der Waals surface area contributed by atoms with Crippen LogP contribution in [-0.4, -0.2) is 0 Å². The zero-order valence-electron chi connectivity index (χ0n) is 10.9. The van der Waals surface area contributed by atoms with E-state index in [0.717, 1.165) is 24.2 Å². The molecule has 2 rings (SSSR count). The molecule has 1 aromatic heterocycles. The second-order valence-electron chi connectivity index (χ2n) is 4.59. The highest BCUT2D eigenvalue weighted by atomic mass is 16.3. The smallest absolute Gasteiger partial charge is 0.101 e. The van der Waals surface area contributed by atoms with Gasteiger partial charge in [0.1, 0.15) is 5.76 Å². The summed E-state index contributed by atoms with van der Waals surface area (Å²) in [7, 11) is 0. The first-order chi connectivity index (χ1) is 8.74. The monoisotopic (exact) mass is 244 g/mol. The zero-order valence-corrected chi connectivity index (χ0v) is 10.9. The minimum Gasteiger partial charge on any atom is -0.469 e. The Hall–Kier alpha value is -1.58. The molecule has 0 aliphatic heterocycles. The third kappa shape index (κ3) is 2.81. The van der Waals surface area contributed by atoms with Crippen LogP contribution in [0.5, 0.6) is 0 Å². The van der Waals surface area contributed by atoms with Gasteiger partial charge in [-0.2, -0.15) is 0 Å². The van der Waals surface area contributed by atoms with Crippen molar-refractivity contribution in [2.75, 3.05) is 0 Å².